The first-order valence-corrected chi connectivity index (χ1v) is 18.0. The van der Waals surface area contributed by atoms with Crippen LogP contribution in [0.1, 0.15) is 78.1 Å². The zero-order valence-corrected chi connectivity index (χ0v) is 31.1. The molecule has 0 radical (unpaired) electrons. The molecule has 3 aromatic carbocycles. The van der Waals surface area contributed by atoms with Gasteiger partial charge in [0, 0.05) is 5.39 Å². The van der Waals surface area contributed by atoms with Crippen LogP contribution in [0.25, 0.3) is 10.8 Å². The average Bonchev–Trinajstić information content (AvgIpc) is 3.41. The molecule has 0 aromatic heterocycles. The summed E-state index contributed by atoms with van der Waals surface area (Å²) in [6.07, 6.45) is 19.6. The number of nitrogens with zero attached hydrogens (tertiary/aromatic N) is 2. The first-order valence-electron chi connectivity index (χ1n) is 18.0. The lowest BCUT2D eigenvalue weighted by Gasteiger charge is -2.26. The van der Waals surface area contributed by atoms with Crippen molar-refractivity contribution in [2.24, 2.45) is 0 Å². The molecule has 3 aromatic rings. The predicted octanol–water partition coefficient (Wildman–Crippen LogP) is 7.98. The number of hydrogen-bond acceptors (Lipinski definition) is 5. The quantitative estimate of drug-likeness (QED) is 0.0539. The van der Waals surface area contributed by atoms with Gasteiger partial charge in [0.15, 0.2) is 22.9 Å². The Morgan fingerprint density at radius 3 is 1.78 bits per heavy atom. The van der Waals surface area contributed by atoms with E-state index in [1.165, 1.54) is 0 Å². The Bertz CT molecular complexity index is 1540. The van der Waals surface area contributed by atoms with E-state index in [2.05, 4.69) is 86.3 Å². The molecular formula is C43H57ClN2O4. The lowest BCUT2D eigenvalue weighted by molar-refractivity contribution is -0.434. The fraction of sp³-hybridized carbons (Fsp3) is 0.419. The van der Waals surface area contributed by atoms with Crippen molar-refractivity contribution in [2.45, 2.75) is 83.6 Å². The lowest BCUT2D eigenvalue weighted by atomic mass is 10.00. The van der Waals surface area contributed by atoms with Crippen molar-refractivity contribution in [2.75, 3.05) is 37.9 Å². The largest absolute Gasteiger partial charge is 1.00 e. The highest BCUT2D eigenvalue weighted by Crippen LogP contribution is 2.45. The molecule has 1 aliphatic heterocycles. The molecular weight excluding hydrogens is 644 g/mol. The fourth-order valence-corrected chi connectivity index (χ4v) is 6.04. The normalized spacial score (nSPS) is 13.2. The summed E-state index contributed by atoms with van der Waals surface area (Å²) in [6, 6.07) is 16.7. The summed E-state index contributed by atoms with van der Waals surface area (Å²) in [6.45, 7) is 23.2. The maximum absolute atomic E-state index is 6.57. The number of ether oxygens (including phenoxy) is 4. The SMILES string of the molecule is C=CCCCCOc1ccc2ccc(OCCCCC=C)c(N3C=[N+](c4c(OCCCC=C)cccc4OCCCC=C)CC3(C)C)c2c1.[Cl-]. The molecule has 6 nitrogen and oxygen atoms in total. The Kier molecular flexibility index (Phi) is 17.0. The maximum atomic E-state index is 6.57. The monoisotopic (exact) mass is 700 g/mol. The predicted molar refractivity (Wildman–Crippen MR) is 207 cm³/mol. The molecule has 0 spiro atoms. The van der Waals surface area contributed by atoms with Gasteiger partial charge in [0.1, 0.15) is 17.8 Å². The summed E-state index contributed by atoms with van der Waals surface area (Å²) in [5, 5.41) is 2.22. The van der Waals surface area contributed by atoms with Gasteiger partial charge in [0.05, 0.1) is 26.4 Å². The molecule has 1 aliphatic rings. The number of rotatable bonds is 24. The highest BCUT2D eigenvalue weighted by atomic mass is 35.5. The third-order valence-corrected chi connectivity index (χ3v) is 8.63. The Labute approximate surface area is 307 Å². The number of unbranched alkanes of at least 4 members (excludes halogenated alkanes) is 6. The van der Waals surface area contributed by atoms with Gasteiger partial charge in [-0.1, -0.05) is 42.5 Å². The van der Waals surface area contributed by atoms with Crippen molar-refractivity contribution in [1.82, 2.24) is 0 Å². The summed E-state index contributed by atoms with van der Waals surface area (Å²) in [7, 11) is 0. The van der Waals surface area contributed by atoms with Crippen LogP contribution in [-0.2, 0) is 0 Å². The highest BCUT2D eigenvalue weighted by molar-refractivity contribution is 6.03. The van der Waals surface area contributed by atoms with Gasteiger partial charge in [-0.2, -0.15) is 0 Å². The summed E-state index contributed by atoms with van der Waals surface area (Å²) in [5.74, 6) is 3.33. The molecule has 0 N–H and O–H groups in total. The second-order valence-electron chi connectivity index (χ2n) is 13.1. The van der Waals surface area contributed by atoms with Gasteiger partial charge in [-0.3, -0.25) is 0 Å². The Hall–Kier alpha value is -4.16. The van der Waals surface area contributed by atoms with Gasteiger partial charge in [0.25, 0.3) is 0 Å². The van der Waals surface area contributed by atoms with E-state index >= 15 is 0 Å². The molecule has 0 saturated carbocycles. The standard InChI is InChI=1S/C43H57N2O4.ClH/c1-7-11-15-19-28-46-36-26-24-35-25-27-40(49-31-20-16-12-8-2)41(37(35)32-36)45-34-44(33-43(45,5)6)42-38(47-29-17-13-9-3)22-21-23-39(42)48-30-18-14-10-4;/h7-10,21-27,32,34H,1-4,11-20,28-31,33H2,5-6H3;1H/q+1;/p-1. The van der Waals surface area contributed by atoms with Crippen molar-refractivity contribution in [3.63, 3.8) is 0 Å². The van der Waals surface area contributed by atoms with E-state index in [0.717, 1.165) is 116 Å². The van der Waals surface area contributed by atoms with Crippen LogP contribution in [0.2, 0.25) is 0 Å². The van der Waals surface area contributed by atoms with E-state index in [0.29, 0.717) is 26.4 Å². The topological polar surface area (TPSA) is 43.2 Å². The number of fused-ring (bicyclic) bond motifs is 1. The van der Waals surface area contributed by atoms with Crippen molar-refractivity contribution >= 4 is 28.5 Å². The third-order valence-electron chi connectivity index (χ3n) is 8.63. The molecule has 7 heteroatoms. The zero-order chi connectivity index (χ0) is 34.9. The molecule has 0 amide bonds. The number of allylic oxidation sites excluding steroid dienone is 4. The molecule has 50 heavy (non-hydrogen) atoms. The van der Waals surface area contributed by atoms with E-state index in [1.54, 1.807) is 0 Å². The van der Waals surface area contributed by atoms with E-state index in [-0.39, 0.29) is 17.9 Å². The van der Waals surface area contributed by atoms with Crippen LogP contribution in [-0.4, -0.2) is 49.4 Å². The number of benzene rings is 3. The molecule has 1 heterocycles. The number of para-hydroxylation sites is 1. The summed E-state index contributed by atoms with van der Waals surface area (Å²) in [4.78, 5) is 2.36. The van der Waals surface area contributed by atoms with Gasteiger partial charge in [-0.15, -0.1) is 26.3 Å². The van der Waals surface area contributed by atoms with Crippen molar-refractivity contribution in [3.8, 4) is 23.0 Å². The number of hydrogen-bond donors (Lipinski definition) is 0. The average molecular weight is 701 g/mol. The lowest BCUT2D eigenvalue weighted by Crippen LogP contribution is -3.00. The van der Waals surface area contributed by atoms with Crippen molar-refractivity contribution < 1.29 is 35.9 Å². The number of anilines is 1. The Balaban J connectivity index is 0.00000676. The van der Waals surface area contributed by atoms with Crippen LogP contribution >= 0.6 is 0 Å². The summed E-state index contributed by atoms with van der Waals surface area (Å²) < 4.78 is 27.9. The van der Waals surface area contributed by atoms with Crippen LogP contribution in [0, 0.1) is 0 Å². The summed E-state index contributed by atoms with van der Waals surface area (Å²) >= 11 is 0. The van der Waals surface area contributed by atoms with Gasteiger partial charge >= 0.3 is 0 Å². The molecule has 0 atom stereocenters. The Morgan fingerprint density at radius 1 is 0.660 bits per heavy atom. The van der Waals surface area contributed by atoms with Gasteiger partial charge in [0.2, 0.25) is 12.0 Å². The molecule has 0 saturated heterocycles. The second kappa shape index (κ2) is 21.1. The zero-order valence-electron chi connectivity index (χ0n) is 30.3. The molecule has 0 aliphatic carbocycles. The van der Waals surface area contributed by atoms with Gasteiger partial charge in [-0.05, 0) is 114 Å². The first-order chi connectivity index (χ1) is 23.9. The molecule has 0 bridgehead atoms. The first kappa shape index (κ1) is 40.3. The van der Waals surface area contributed by atoms with Crippen LogP contribution in [0.15, 0.2) is 99.2 Å². The maximum Gasteiger partial charge on any atom is 0.245 e. The summed E-state index contributed by atoms with van der Waals surface area (Å²) in [5.41, 5.74) is 1.67. The molecule has 270 valence electrons. The smallest absolute Gasteiger partial charge is 0.245 e. The van der Waals surface area contributed by atoms with Crippen molar-refractivity contribution in [3.05, 3.63) is 99.2 Å². The van der Waals surface area contributed by atoms with E-state index < -0.39 is 0 Å². The second-order valence-corrected chi connectivity index (χ2v) is 13.1. The highest BCUT2D eigenvalue weighted by Gasteiger charge is 2.45. The third kappa shape index (κ3) is 11.2. The molecule has 0 fully saturated rings. The Morgan fingerprint density at radius 2 is 1.18 bits per heavy atom. The van der Waals surface area contributed by atoms with Crippen LogP contribution < -0.4 is 36.3 Å². The fourth-order valence-electron chi connectivity index (χ4n) is 6.04. The van der Waals surface area contributed by atoms with Crippen molar-refractivity contribution in [1.29, 1.82) is 0 Å². The van der Waals surface area contributed by atoms with Gasteiger partial charge < -0.3 is 31.4 Å². The van der Waals surface area contributed by atoms with Gasteiger partial charge in [-0.25, -0.2) is 9.48 Å². The van der Waals surface area contributed by atoms with E-state index in [1.807, 2.05) is 42.5 Å². The minimum atomic E-state index is -0.299. The minimum absolute atomic E-state index is 0. The van der Waals surface area contributed by atoms with Crippen LogP contribution in [0.5, 0.6) is 23.0 Å². The van der Waals surface area contributed by atoms with E-state index in [4.69, 9.17) is 18.9 Å². The number of halogens is 1. The minimum Gasteiger partial charge on any atom is -1.00 e. The molecule has 0 unspecified atom stereocenters. The molecule has 4 rings (SSSR count). The van der Waals surface area contributed by atoms with Crippen LogP contribution in [0.3, 0.4) is 0 Å². The van der Waals surface area contributed by atoms with Crippen LogP contribution in [0.4, 0.5) is 11.4 Å². The van der Waals surface area contributed by atoms with E-state index in [9.17, 15) is 0 Å².